The summed E-state index contributed by atoms with van der Waals surface area (Å²) >= 11 is 0. The molecule has 1 aromatic rings. The monoisotopic (exact) mass is 250 g/mol. The first-order valence-electron chi connectivity index (χ1n) is 6.30. The Kier molecular flexibility index (Phi) is 3.97. The van der Waals surface area contributed by atoms with Crippen molar-refractivity contribution in [3.63, 3.8) is 0 Å². The third-order valence-corrected chi connectivity index (χ3v) is 3.32. The number of hydrogen-bond acceptors (Lipinski definition) is 2. The molecule has 1 aliphatic heterocycles. The molecule has 1 aromatic carbocycles. The summed E-state index contributed by atoms with van der Waals surface area (Å²) in [6, 6.07) is 6.40. The first kappa shape index (κ1) is 13.0. The summed E-state index contributed by atoms with van der Waals surface area (Å²) < 4.78 is 13.6. The zero-order valence-corrected chi connectivity index (χ0v) is 10.9. The maximum Gasteiger partial charge on any atom is 0.257 e. The second-order valence-corrected chi connectivity index (χ2v) is 5.04. The third-order valence-electron chi connectivity index (χ3n) is 3.32. The van der Waals surface area contributed by atoms with Crippen LogP contribution in [-0.4, -0.2) is 48.9 Å². The molecule has 0 N–H and O–H groups in total. The van der Waals surface area contributed by atoms with Crippen LogP contribution in [0.5, 0.6) is 0 Å². The van der Waals surface area contributed by atoms with Gasteiger partial charge in [0.2, 0.25) is 0 Å². The van der Waals surface area contributed by atoms with Crippen molar-refractivity contribution in [2.75, 3.05) is 27.2 Å². The van der Waals surface area contributed by atoms with E-state index in [-0.39, 0.29) is 17.5 Å². The largest absolute Gasteiger partial charge is 0.334 e. The minimum absolute atomic E-state index is 0.183. The van der Waals surface area contributed by atoms with Gasteiger partial charge in [-0.15, -0.1) is 0 Å². The predicted molar refractivity (Wildman–Crippen MR) is 69.0 cm³/mol. The molecule has 0 bridgehead atoms. The summed E-state index contributed by atoms with van der Waals surface area (Å²) in [4.78, 5) is 16.2. The van der Waals surface area contributed by atoms with Crippen LogP contribution < -0.4 is 0 Å². The van der Waals surface area contributed by atoms with Gasteiger partial charge in [-0.2, -0.15) is 0 Å². The van der Waals surface area contributed by atoms with Gasteiger partial charge in [-0.05, 0) is 39.1 Å². The van der Waals surface area contributed by atoms with Crippen molar-refractivity contribution in [2.45, 2.75) is 18.9 Å². The average molecular weight is 250 g/mol. The lowest BCUT2D eigenvalue weighted by atomic mass is 10.1. The molecule has 0 aromatic heterocycles. The lowest BCUT2D eigenvalue weighted by Gasteiger charge is -2.27. The van der Waals surface area contributed by atoms with Gasteiger partial charge in [0.05, 0.1) is 5.56 Å². The summed E-state index contributed by atoms with van der Waals surface area (Å²) in [6.45, 7) is 1.56. The first-order valence-corrected chi connectivity index (χ1v) is 6.30. The number of hydrogen-bond donors (Lipinski definition) is 0. The standard InChI is InChI=1S/C14H19FN2O/c1-16(2)10-11-6-5-9-17(11)14(18)12-7-3-4-8-13(12)15/h3-4,7-8,11H,5-6,9-10H2,1-2H3. The maximum atomic E-state index is 13.6. The lowest BCUT2D eigenvalue weighted by molar-refractivity contribution is 0.0712. The maximum absolute atomic E-state index is 13.6. The Labute approximate surface area is 107 Å². The van der Waals surface area contributed by atoms with Crippen molar-refractivity contribution in [3.05, 3.63) is 35.6 Å². The summed E-state index contributed by atoms with van der Waals surface area (Å²) in [7, 11) is 3.98. The molecule has 1 heterocycles. The van der Waals surface area contributed by atoms with E-state index in [0.29, 0.717) is 0 Å². The SMILES string of the molecule is CN(C)CC1CCCN1C(=O)c1ccccc1F. The van der Waals surface area contributed by atoms with Gasteiger partial charge in [0, 0.05) is 19.1 Å². The normalized spacial score (nSPS) is 19.6. The summed E-state index contributed by atoms with van der Waals surface area (Å²) in [5, 5.41) is 0. The molecule has 0 aliphatic carbocycles. The molecule has 1 atom stereocenters. The van der Waals surface area contributed by atoms with Gasteiger partial charge in [0.1, 0.15) is 5.82 Å². The molecule has 1 aliphatic rings. The van der Waals surface area contributed by atoms with Crippen molar-refractivity contribution in [3.8, 4) is 0 Å². The Bertz CT molecular complexity index is 434. The number of likely N-dealkylation sites (tertiary alicyclic amines) is 1. The van der Waals surface area contributed by atoms with E-state index in [4.69, 9.17) is 0 Å². The smallest absolute Gasteiger partial charge is 0.257 e. The van der Waals surface area contributed by atoms with E-state index in [1.807, 2.05) is 14.1 Å². The molecule has 0 radical (unpaired) electrons. The van der Waals surface area contributed by atoms with Crippen LogP contribution in [0.25, 0.3) is 0 Å². The van der Waals surface area contributed by atoms with Crippen molar-refractivity contribution >= 4 is 5.91 Å². The van der Waals surface area contributed by atoms with Crippen LogP contribution in [0.3, 0.4) is 0 Å². The van der Waals surface area contributed by atoms with Crippen molar-refractivity contribution in [2.24, 2.45) is 0 Å². The number of carbonyl (C=O) groups is 1. The number of halogens is 1. The first-order chi connectivity index (χ1) is 8.59. The fraction of sp³-hybridized carbons (Fsp3) is 0.500. The van der Waals surface area contributed by atoms with E-state index >= 15 is 0 Å². The molecule has 98 valence electrons. The quantitative estimate of drug-likeness (QED) is 0.819. The second-order valence-electron chi connectivity index (χ2n) is 5.04. The Balaban J connectivity index is 2.15. The summed E-state index contributed by atoms with van der Waals surface area (Å²) in [5.74, 6) is -0.615. The van der Waals surface area contributed by atoms with Crippen LogP contribution in [0.1, 0.15) is 23.2 Å². The van der Waals surface area contributed by atoms with Crippen LogP contribution in [0.2, 0.25) is 0 Å². The Morgan fingerprint density at radius 3 is 2.83 bits per heavy atom. The van der Waals surface area contributed by atoms with Crippen LogP contribution in [0.4, 0.5) is 4.39 Å². The molecule has 18 heavy (non-hydrogen) atoms. The molecular formula is C14H19FN2O. The van der Waals surface area contributed by atoms with Gasteiger partial charge < -0.3 is 9.80 Å². The van der Waals surface area contributed by atoms with Gasteiger partial charge >= 0.3 is 0 Å². The van der Waals surface area contributed by atoms with Gasteiger partial charge in [-0.1, -0.05) is 12.1 Å². The van der Waals surface area contributed by atoms with E-state index in [0.717, 1.165) is 25.9 Å². The molecule has 1 saturated heterocycles. The molecule has 1 unspecified atom stereocenters. The van der Waals surface area contributed by atoms with Crippen molar-refractivity contribution < 1.29 is 9.18 Å². The Hall–Kier alpha value is -1.42. The zero-order valence-electron chi connectivity index (χ0n) is 10.9. The number of benzene rings is 1. The summed E-state index contributed by atoms with van der Waals surface area (Å²) in [5.41, 5.74) is 0.183. The lowest BCUT2D eigenvalue weighted by Crippen LogP contribution is -2.41. The molecule has 4 heteroatoms. The molecule has 1 fully saturated rings. The minimum atomic E-state index is -0.432. The van der Waals surface area contributed by atoms with E-state index in [1.165, 1.54) is 6.07 Å². The van der Waals surface area contributed by atoms with Crippen LogP contribution >= 0.6 is 0 Å². The van der Waals surface area contributed by atoms with Crippen LogP contribution in [-0.2, 0) is 0 Å². The second kappa shape index (κ2) is 5.48. The highest BCUT2D eigenvalue weighted by Gasteiger charge is 2.30. The van der Waals surface area contributed by atoms with Crippen molar-refractivity contribution in [1.82, 2.24) is 9.80 Å². The minimum Gasteiger partial charge on any atom is -0.334 e. The van der Waals surface area contributed by atoms with Gasteiger partial charge in [0.25, 0.3) is 5.91 Å². The molecular weight excluding hydrogens is 231 g/mol. The third kappa shape index (κ3) is 2.70. The highest BCUT2D eigenvalue weighted by Crippen LogP contribution is 2.21. The fourth-order valence-electron chi connectivity index (χ4n) is 2.50. The van der Waals surface area contributed by atoms with Crippen LogP contribution in [0, 0.1) is 5.82 Å². The zero-order chi connectivity index (χ0) is 13.1. The van der Waals surface area contributed by atoms with Crippen LogP contribution in [0.15, 0.2) is 24.3 Å². The Morgan fingerprint density at radius 1 is 1.44 bits per heavy atom. The average Bonchev–Trinajstić information content (AvgIpc) is 2.76. The van der Waals surface area contributed by atoms with E-state index in [1.54, 1.807) is 23.1 Å². The highest BCUT2D eigenvalue weighted by molar-refractivity contribution is 5.94. The number of nitrogens with zero attached hydrogens (tertiary/aromatic N) is 2. The predicted octanol–water partition coefficient (Wildman–Crippen LogP) is 1.99. The number of carbonyl (C=O) groups excluding carboxylic acids is 1. The van der Waals surface area contributed by atoms with Gasteiger partial charge in [-0.25, -0.2) is 4.39 Å². The fourth-order valence-corrected chi connectivity index (χ4v) is 2.50. The molecule has 2 rings (SSSR count). The van der Waals surface area contributed by atoms with Crippen molar-refractivity contribution in [1.29, 1.82) is 0 Å². The summed E-state index contributed by atoms with van der Waals surface area (Å²) in [6.07, 6.45) is 2.00. The topological polar surface area (TPSA) is 23.6 Å². The molecule has 0 saturated carbocycles. The number of likely N-dealkylation sites (N-methyl/N-ethyl adjacent to an activating group) is 1. The molecule has 3 nitrogen and oxygen atoms in total. The van der Waals surface area contributed by atoms with Gasteiger partial charge in [0.15, 0.2) is 0 Å². The molecule has 1 amide bonds. The van der Waals surface area contributed by atoms with E-state index < -0.39 is 5.82 Å². The number of amides is 1. The van der Waals surface area contributed by atoms with E-state index in [9.17, 15) is 9.18 Å². The van der Waals surface area contributed by atoms with E-state index in [2.05, 4.69) is 4.90 Å². The molecule has 0 spiro atoms. The van der Waals surface area contributed by atoms with Gasteiger partial charge in [-0.3, -0.25) is 4.79 Å². The highest BCUT2D eigenvalue weighted by atomic mass is 19.1. The Morgan fingerprint density at radius 2 is 2.17 bits per heavy atom. The number of rotatable bonds is 3.